The summed E-state index contributed by atoms with van der Waals surface area (Å²) in [5.41, 5.74) is 1.30. The highest BCUT2D eigenvalue weighted by Crippen LogP contribution is 2.11. The van der Waals surface area contributed by atoms with E-state index in [-0.39, 0.29) is 0 Å². The molecule has 0 fully saturated rings. The van der Waals surface area contributed by atoms with Crippen molar-refractivity contribution >= 4 is 17.4 Å². The molecular weight excluding hydrogens is 234 g/mol. The lowest BCUT2D eigenvalue weighted by Crippen LogP contribution is -2.07. The smallest absolute Gasteiger partial charge is 0.134 e. The van der Waals surface area contributed by atoms with Crippen molar-refractivity contribution < 1.29 is 0 Å². The van der Waals surface area contributed by atoms with E-state index in [1.165, 1.54) is 5.56 Å². The number of aryl methyl sites for hydroxylation is 1. The quantitative estimate of drug-likeness (QED) is 0.844. The van der Waals surface area contributed by atoms with E-state index in [0.29, 0.717) is 11.0 Å². The van der Waals surface area contributed by atoms with Crippen LogP contribution < -0.4 is 5.32 Å². The Morgan fingerprint density at radius 1 is 1.18 bits per heavy atom. The number of rotatable bonds is 4. The first kappa shape index (κ1) is 11.9. The standard InChI is InChI=1S/C13H14ClN3/c1-10-16-12(14)9-13(17-10)15-8-7-11-5-3-2-4-6-11/h2-6,9H,7-8H2,1H3,(H,15,16,17). The first-order valence-corrected chi connectivity index (χ1v) is 5.91. The number of hydrogen-bond donors (Lipinski definition) is 1. The summed E-state index contributed by atoms with van der Waals surface area (Å²) in [6.07, 6.45) is 0.960. The van der Waals surface area contributed by atoms with E-state index in [1.54, 1.807) is 6.07 Å². The number of anilines is 1. The SMILES string of the molecule is Cc1nc(Cl)cc(NCCc2ccccc2)n1. The van der Waals surface area contributed by atoms with E-state index < -0.39 is 0 Å². The molecule has 0 radical (unpaired) electrons. The molecule has 0 bridgehead atoms. The molecule has 0 aliphatic rings. The zero-order valence-corrected chi connectivity index (χ0v) is 10.4. The van der Waals surface area contributed by atoms with Gasteiger partial charge in [0.25, 0.3) is 0 Å². The van der Waals surface area contributed by atoms with Crippen LogP contribution in [0, 0.1) is 6.92 Å². The molecule has 4 heteroatoms. The van der Waals surface area contributed by atoms with Crippen LogP contribution in [-0.2, 0) is 6.42 Å². The van der Waals surface area contributed by atoms with E-state index in [0.717, 1.165) is 18.8 Å². The highest BCUT2D eigenvalue weighted by molar-refractivity contribution is 6.29. The second-order valence-electron chi connectivity index (χ2n) is 3.79. The normalized spacial score (nSPS) is 10.2. The number of hydrogen-bond acceptors (Lipinski definition) is 3. The molecule has 3 nitrogen and oxygen atoms in total. The highest BCUT2D eigenvalue weighted by Gasteiger charge is 1.99. The van der Waals surface area contributed by atoms with Gasteiger partial charge in [-0.3, -0.25) is 0 Å². The summed E-state index contributed by atoms with van der Waals surface area (Å²) in [5, 5.41) is 3.71. The van der Waals surface area contributed by atoms with E-state index in [2.05, 4.69) is 27.4 Å². The van der Waals surface area contributed by atoms with Crippen LogP contribution in [0.3, 0.4) is 0 Å². The largest absolute Gasteiger partial charge is 0.370 e. The van der Waals surface area contributed by atoms with Gasteiger partial charge in [0, 0.05) is 12.6 Å². The van der Waals surface area contributed by atoms with Crippen molar-refractivity contribution in [3.05, 3.63) is 52.9 Å². The molecule has 0 spiro atoms. The van der Waals surface area contributed by atoms with Crippen LogP contribution in [0.1, 0.15) is 11.4 Å². The number of nitrogens with one attached hydrogen (secondary N) is 1. The van der Waals surface area contributed by atoms with Gasteiger partial charge in [-0.15, -0.1) is 0 Å². The molecule has 1 aromatic heterocycles. The summed E-state index contributed by atoms with van der Waals surface area (Å²) in [6.45, 7) is 2.66. The topological polar surface area (TPSA) is 37.8 Å². The molecule has 0 saturated carbocycles. The Morgan fingerprint density at radius 3 is 2.65 bits per heavy atom. The fourth-order valence-electron chi connectivity index (χ4n) is 1.60. The average Bonchev–Trinajstić information content (AvgIpc) is 2.29. The van der Waals surface area contributed by atoms with E-state index in [4.69, 9.17) is 11.6 Å². The Kier molecular flexibility index (Phi) is 3.94. The van der Waals surface area contributed by atoms with Crippen molar-refractivity contribution in [2.45, 2.75) is 13.3 Å². The third-order valence-corrected chi connectivity index (χ3v) is 2.56. The highest BCUT2D eigenvalue weighted by atomic mass is 35.5. The molecule has 2 rings (SSSR count). The van der Waals surface area contributed by atoms with Crippen molar-refractivity contribution in [1.29, 1.82) is 0 Å². The minimum Gasteiger partial charge on any atom is -0.370 e. The third-order valence-electron chi connectivity index (χ3n) is 2.37. The molecule has 0 aliphatic heterocycles. The lowest BCUT2D eigenvalue weighted by molar-refractivity contribution is 0.981. The zero-order chi connectivity index (χ0) is 12.1. The Morgan fingerprint density at radius 2 is 1.94 bits per heavy atom. The van der Waals surface area contributed by atoms with Gasteiger partial charge in [-0.2, -0.15) is 0 Å². The molecule has 17 heavy (non-hydrogen) atoms. The zero-order valence-electron chi connectivity index (χ0n) is 9.65. The van der Waals surface area contributed by atoms with Gasteiger partial charge in [0.05, 0.1) is 0 Å². The van der Waals surface area contributed by atoms with Crippen LogP contribution in [0.4, 0.5) is 5.82 Å². The number of nitrogens with zero attached hydrogens (tertiary/aromatic N) is 2. The first-order chi connectivity index (χ1) is 8.24. The minimum atomic E-state index is 0.472. The maximum Gasteiger partial charge on any atom is 0.134 e. The van der Waals surface area contributed by atoms with Gasteiger partial charge in [-0.1, -0.05) is 41.9 Å². The predicted octanol–water partition coefficient (Wildman–Crippen LogP) is 3.09. The van der Waals surface area contributed by atoms with Crippen molar-refractivity contribution in [3.63, 3.8) is 0 Å². The summed E-state index contributed by atoms with van der Waals surface area (Å²) < 4.78 is 0. The molecule has 0 unspecified atom stereocenters. The van der Waals surface area contributed by atoms with Crippen LogP contribution in [0.5, 0.6) is 0 Å². The van der Waals surface area contributed by atoms with Crippen molar-refractivity contribution in [2.24, 2.45) is 0 Å². The number of benzene rings is 1. The molecule has 1 N–H and O–H groups in total. The van der Waals surface area contributed by atoms with Crippen LogP contribution in [-0.4, -0.2) is 16.5 Å². The molecule has 1 heterocycles. The number of halogens is 1. The fraction of sp³-hybridized carbons (Fsp3) is 0.231. The predicted molar refractivity (Wildman–Crippen MR) is 70.4 cm³/mol. The van der Waals surface area contributed by atoms with Crippen molar-refractivity contribution in [3.8, 4) is 0 Å². The van der Waals surface area contributed by atoms with Gasteiger partial charge in [-0.05, 0) is 18.9 Å². The summed E-state index contributed by atoms with van der Waals surface area (Å²) in [6, 6.07) is 12.1. The first-order valence-electron chi connectivity index (χ1n) is 5.53. The lowest BCUT2D eigenvalue weighted by Gasteiger charge is -2.06. The second-order valence-corrected chi connectivity index (χ2v) is 4.17. The molecule has 1 aromatic carbocycles. The van der Waals surface area contributed by atoms with Crippen LogP contribution >= 0.6 is 11.6 Å². The van der Waals surface area contributed by atoms with Gasteiger partial charge in [0.2, 0.25) is 0 Å². The van der Waals surface area contributed by atoms with Gasteiger partial charge >= 0.3 is 0 Å². The fourth-order valence-corrected chi connectivity index (χ4v) is 1.83. The Bertz CT molecular complexity index is 465. The van der Waals surface area contributed by atoms with Gasteiger partial charge in [0.1, 0.15) is 16.8 Å². The van der Waals surface area contributed by atoms with Gasteiger partial charge in [0.15, 0.2) is 0 Å². The number of aromatic nitrogens is 2. The Hall–Kier alpha value is -1.61. The van der Waals surface area contributed by atoms with Gasteiger partial charge < -0.3 is 5.32 Å². The van der Waals surface area contributed by atoms with E-state index >= 15 is 0 Å². The Balaban J connectivity index is 1.90. The third kappa shape index (κ3) is 3.71. The molecule has 0 amide bonds. The summed E-state index contributed by atoms with van der Waals surface area (Å²) in [5.74, 6) is 1.46. The van der Waals surface area contributed by atoms with Crippen LogP contribution in [0.25, 0.3) is 0 Å². The lowest BCUT2D eigenvalue weighted by atomic mass is 10.1. The maximum absolute atomic E-state index is 5.85. The van der Waals surface area contributed by atoms with Crippen LogP contribution in [0.2, 0.25) is 5.15 Å². The molecule has 0 saturated heterocycles. The van der Waals surface area contributed by atoms with Gasteiger partial charge in [-0.25, -0.2) is 9.97 Å². The minimum absolute atomic E-state index is 0.472. The molecule has 0 aliphatic carbocycles. The maximum atomic E-state index is 5.85. The average molecular weight is 248 g/mol. The monoisotopic (exact) mass is 247 g/mol. The van der Waals surface area contributed by atoms with Crippen molar-refractivity contribution in [2.75, 3.05) is 11.9 Å². The summed E-state index contributed by atoms with van der Waals surface area (Å²) >= 11 is 5.85. The van der Waals surface area contributed by atoms with E-state index in [9.17, 15) is 0 Å². The molecule has 88 valence electrons. The Labute approximate surface area is 106 Å². The van der Waals surface area contributed by atoms with E-state index in [1.807, 2.05) is 25.1 Å². The molecule has 2 aromatic rings. The van der Waals surface area contributed by atoms with Crippen molar-refractivity contribution in [1.82, 2.24) is 9.97 Å². The summed E-state index contributed by atoms with van der Waals surface area (Å²) in [7, 11) is 0. The summed E-state index contributed by atoms with van der Waals surface area (Å²) in [4.78, 5) is 8.27. The molecule has 0 atom stereocenters. The molecular formula is C13H14ClN3. The van der Waals surface area contributed by atoms with Crippen LogP contribution in [0.15, 0.2) is 36.4 Å². The second kappa shape index (κ2) is 5.64.